The van der Waals surface area contributed by atoms with Crippen LogP contribution >= 0.6 is 0 Å². The van der Waals surface area contributed by atoms with E-state index >= 15 is 0 Å². The molecule has 1 aliphatic carbocycles. The van der Waals surface area contributed by atoms with Crippen LogP contribution in [0.4, 0.5) is 15.4 Å². The van der Waals surface area contributed by atoms with Crippen molar-refractivity contribution in [3.8, 4) is 0 Å². The van der Waals surface area contributed by atoms with Crippen molar-refractivity contribution in [2.45, 2.75) is 77.5 Å². The molecule has 0 atom stereocenters. The lowest BCUT2D eigenvalue weighted by molar-refractivity contribution is -0.138. The van der Waals surface area contributed by atoms with Crippen molar-refractivity contribution < 1.29 is 23.9 Å². The second kappa shape index (κ2) is 11.3. The van der Waals surface area contributed by atoms with Gasteiger partial charge in [-0.2, -0.15) is 4.98 Å². The van der Waals surface area contributed by atoms with Crippen molar-refractivity contribution >= 4 is 30.1 Å². The molecule has 37 heavy (non-hydrogen) atoms. The zero-order valence-corrected chi connectivity index (χ0v) is 22.3. The van der Waals surface area contributed by atoms with Crippen LogP contribution in [-0.4, -0.2) is 81.0 Å². The Balaban J connectivity index is 1.51. The quantitative estimate of drug-likeness (QED) is 0.569. The van der Waals surface area contributed by atoms with E-state index in [0.29, 0.717) is 13.1 Å². The SMILES string of the molecule is CC(C)(C)OC(=O)NC(C)(C)C(=O)N1CCN(C(=O)Nc2ccn(C3CCC(C=O)CC3)c(=O)n2)CC1. The molecular weight excluding hydrogens is 480 g/mol. The highest BCUT2D eigenvalue weighted by molar-refractivity contribution is 5.90. The number of carbonyl (C=O) groups is 4. The number of hydrogen-bond acceptors (Lipinski definition) is 7. The molecule has 1 saturated carbocycles. The summed E-state index contributed by atoms with van der Waals surface area (Å²) in [4.78, 5) is 68.5. The molecule has 1 saturated heterocycles. The first kappa shape index (κ1) is 28.1. The Morgan fingerprint density at radius 3 is 2.14 bits per heavy atom. The van der Waals surface area contributed by atoms with E-state index in [0.717, 1.165) is 32.0 Å². The molecule has 3 rings (SSSR count). The summed E-state index contributed by atoms with van der Waals surface area (Å²) in [6, 6.07) is 1.19. The lowest BCUT2D eigenvalue weighted by atomic mass is 9.87. The van der Waals surface area contributed by atoms with Crippen molar-refractivity contribution in [1.82, 2.24) is 24.7 Å². The molecule has 2 aliphatic rings. The van der Waals surface area contributed by atoms with E-state index in [2.05, 4.69) is 15.6 Å². The van der Waals surface area contributed by atoms with E-state index in [9.17, 15) is 24.0 Å². The molecule has 1 aromatic heterocycles. The molecule has 12 heteroatoms. The number of rotatable bonds is 5. The van der Waals surface area contributed by atoms with Crippen molar-refractivity contribution in [3.05, 3.63) is 22.7 Å². The van der Waals surface area contributed by atoms with Gasteiger partial charge in [-0.3, -0.25) is 14.7 Å². The van der Waals surface area contributed by atoms with Crippen LogP contribution in [0.1, 0.15) is 66.3 Å². The Bertz CT molecular complexity index is 1060. The number of nitrogens with one attached hydrogen (secondary N) is 2. The summed E-state index contributed by atoms with van der Waals surface area (Å²) in [5.41, 5.74) is -2.30. The molecule has 204 valence electrons. The first-order valence-electron chi connectivity index (χ1n) is 12.7. The number of ether oxygens (including phenoxy) is 1. The highest BCUT2D eigenvalue weighted by Gasteiger charge is 2.37. The molecule has 0 radical (unpaired) electrons. The maximum Gasteiger partial charge on any atom is 0.408 e. The van der Waals surface area contributed by atoms with Gasteiger partial charge in [0.1, 0.15) is 23.2 Å². The van der Waals surface area contributed by atoms with Crippen LogP contribution in [0, 0.1) is 5.92 Å². The summed E-state index contributed by atoms with van der Waals surface area (Å²) in [6.45, 7) is 9.62. The van der Waals surface area contributed by atoms with E-state index in [-0.39, 0.29) is 36.8 Å². The average Bonchev–Trinajstić information content (AvgIpc) is 2.82. The Labute approximate surface area is 216 Å². The summed E-state index contributed by atoms with van der Waals surface area (Å²) in [5.74, 6) is -0.0542. The fourth-order valence-electron chi connectivity index (χ4n) is 4.58. The molecule has 0 unspecified atom stereocenters. The van der Waals surface area contributed by atoms with Crippen LogP contribution in [0.2, 0.25) is 0 Å². The molecule has 12 nitrogen and oxygen atoms in total. The molecule has 1 aliphatic heterocycles. The first-order chi connectivity index (χ1) is 17.3. The zero-order chi connectivity index (χ0) is 27.4. The molecule has 4 amide bonds. The minimum atomic E-state index is -1.17. The number of anilines is 1. The van der Waals surface area contributed by atoms with Gasteiger partial charge < -0.3 is 24.6 Å². The van der Waals surface area contributed by atoms with Gasteiger partial charge in [-0.25, -0.2) is 14.4 Å². The van der Waals surface area contributed by atoms with Crippen LogP contribution < -0.4 is 16.3 Å². The number of amides is 4. The minimum Gasteiger partial charge on any atom is -0.444 e. The Hall–Kier alpha value is -3.44. The summed E-state index contributed by atoms with van der Waals surface area (Å²) in [5, 5.41) is 5.27. The van der Waals surface area contributed by atoms with Crippen LogP contribution in [0.5, 0.6) is 0 Å². The largest absolute Gasteiger partial charge is 0.444 e. The van der Waals surface area contributed by atoms with E-state index in [1.54, 1.807) is 61.2 Å². The molecule has 1 aromatic rings. The summed E-state index contributed by atoms with van der Waals surface area (Å²) in [6.07, 6.45) is 4.92. The monoisotopic (exact) mass is 518 g/mol. The summed E-state index contributed by atoms with van der Waals surface area (Å²) in [7, 11) is 0. The number of alkyl carbamates (subject to hydrolysis) is 1. The third-order valence-corrected chi connectivity index (χ3v) is 6.59. The van der Waals surface area contributed by atoms with E-state index < -0.39 is 29.0 Å². The fraction of sp³-hybridized carbons (Fsp3) is 0.680. The van der Waals surface area contributed by atoms with Crippen LogP contribution in [-0.2, 0) is 14.3 Å². The maximum absolute atomic E-state index is 13.0. The third kappa shape index (κ3) is 7.53. The van der Waals surface area contributed by atoms with Gasteiger partial charge in [-0.05, 0) is 66.4 Å². The number of nitrogens with zero attached hydrogens (tertiary/aromatic N) is 4. The van der Waals surface area contributed by atoms with Gasteiger partial charge in [0.2, 0.25) is 5.91 Å². The van der Waals surface area contributed by atoms with Gasteiger partial charge in [0.15, 0.2) is 0 Å². The van der Waals surface area contributed by atoms with Gasteiger partial charge >= 0.3 is 17.8 Å². The summed E-state index contributed by atoms with van der Waals surface area (Å²) >= 11 is 0. The van der Waals surface area contributed by atoms with Crippen molar-refractivity contribution in [1.29, 1.82) is 0 Å². The van der Waals surface area contributed by atoms with Crippen molar-refractivity contribution in [3.63, 3.8) is 0 Å². The van der Waals surface area contributed by atoms with Crippen LogP contribution in [0.25, 0.3) is 0 Å². The zero-order valence-electron chi connectivity index (χ0n) is 22.3. The fourth-order valence-corrected chi connectivity index (χ4v) is 4.58. The topological polar surface area (TPSA) is 143 Å². The van der Waals surface area contributed by atoms with E-state index in [1.165, 1.54) is 0 Å². The molecule has 2 N–H and O–H groups in total. The van der Waals surface area contributed by atoms with Crippen LogP contribution in [0.3, 0.4) is 0 Å². The number of carbonyl (C=O) groups excluding carboxylic acids is 4. The Morgan fingerprint density at radius 2 is 1.59 bits per heavy atom. The molecule has 2 fully saturated rings. The molecular formula is C25H38N6O6. The highest BCUT2D eigenvalue weighted by Crippen LogP contribution is 2.30. The number of hydrogen-bond donors (Lipinski definition) is 2. The minimum absolute atomic E-state index is 0.000579. The normalized spacial score (nSPS) is 20.7. The number of aromatic nitrogens is 2. The summed E-state index contributed by atoms with van der Waals surface area (Å²) < 4.78 is 6.81. The Kier molecular flexibility index (Phi) is 8.60. The second-order valence-corrected chi connectivity index (χ2v) is 11.2. The lowest BCUT2D eigenvalue weighted by Crippen LogP contribution is -2.60. The third-order valence-electron chi connectivity index (χ3n) is 6.59. The molecule has 2 heterocycles. The maximum atomic E-state index is 13.0. The van der Waals surface area contributed by atoms with E-state index in [4.69, 9.17) is 4.74 Å². The van der Waals surface area contributed by atoms with Gasteiger partial charge in [-0.1, -0.05) is 0 Å². The Morgan fingerprint density at radius 1 is 1.00 bits per heavy atom. The highest BCUT2D eigenvalue weighted by atomic mass is 16.6. The van der Waals surface area contributed by atoms with E-state index in [1.807, 2.05) is 0 Å². The van der Waals surface area contributed by atoms with Crippen molar-refractivity contribution in [2.75, 3.05) is 31.5 Å². The second-order valence-electron chi connectivity index (χ2n) is 11.2. The number of piperazine rings is 1. The van der Waals surface area contributed by atoms with Crippen LogP contribution in [0.15, 0.2) is 17.1 Å². The average molecular weight is 519 g/mol. The number of aldehydes is 1. The lowest BCUT2D eigenvalue weighted by Gasteiger charge is -2.38. The molecule has 0 bridgehead atoms. The van der Waals surface area contributed by atoms with Gasteiger partial charge in [0, 0.05) is 44.3 Å². The van der Waals surface area contributed by atoms with Gasteiger partial charge in [0.25, 0.3) is 0 Å². The predicted molar refractivity (Wildman–Crippen MR) is 136 cm³/mol. The molecule has 0 spiro atoms. The van der Waals surface area contributed by atoms with Crippen molar-refractivity contribution in [2.24, 2.45) is 5.92 Å². The van der Waals surface area contributed by atoms with Gasteiger partial charge in [0.05, 0.1) is 0 Å². The predicted octanol–water partition coefficient (Wildman–Crippen LogP) is 2.15. The van der Waals surface area contributed by atoms with Gasteiger partial charge in [-0.15, -0.1) is 0 Å². The standard InChI is InChI=1S/C25H38N6O6/c1-24(2,3)37-23(36)28-25(4,5)20(33)29-12-14-30(15-13-29)21(34)26-19-10-11-31(22(35)27-19)18-8-6-17(16-32)7-9-18/h10-11,16-18H,6-9,12-15H2,1-5H3,(H,28,36)(H,26,27,34,35). The number of urea groups is 1. The smallest absolute Gasteiger partial charge is 0.408 e. The first-order valence-corrected chi connectivity index (χ1v) is 12.7. The molecule has 0 aromatic carbocycles.